The third-order valence-corrected chi connectivity index (χ3v) is 5.50. The summed E-state index contributed by atoms with van der Waals surface area (Å²) >= 11 is 5.62. The first-order valence-corrected chi connectivity index (χ1v) is 10.0. The standard InChI is InChI=1S/C24H18FN3OS/c25-17-10-4-5-12-19(17)28-23(22(27-24(28)30)18-11-6-7-15-26-18)21-14-13-20(29-21)16-8-2-1-3-9-16/h1-15,22-23H,(H,27,30)/t22-,23+/m1/s1. The molecule has 148 valence electrons. The molecule has 0 unspecified atom stereocenters. The molecule has 0 aliphatic carbocycles. The molecule has 4 aromatic rings. The summed E-state index contributed by atoms with van der Waals surface area (Å²) in [5.74, 6) is 1.08. The maximum atomic E-state index is 14.7. The Labute approximate surface area is 179 Å². The van der Waals surface area contributed by atoms with Crippen LogP contribution in [0.2, 0.25) is 0 Å². The molecule has 1 fully saturated rings. The van der Waals surface area contributed by atoms with Crippen molar-refractivity contribution in [3.63, 3.8) is 0 Å². The highest BCUT2D eigenvalue weighted by Gasteiger charge is 2.43. The second-order valence-corrected chi connectivity index (χ2v) is 7.40. The number of halogens is 1. The van der Waals surface area contributed by atoms with Crippen molar-refractivity contribution >= 4 is 23.0 Å². The van der Waals surface area contributed by atoms with E-state index in [4.69, 9.17) is 16.6 Å². The minimum Gasteiger partial charge on any atom is -0.459 e. The highest BCUT2D eigenvalue weighted by atomic mass is 32.1. The molecule has 1 aliphatic rings. The Morgan fingerprint density at radius 1 is 0.900 bits per heavy atom. The Morgan fingerprint density at radius 3 is 2.43 bits per heavy atom. The Balaban J connectivity index is 1.62. The van der Waals surface area contributed by atoms with E-state index >= 15 is 0 Å². The maximum Gasteiger partial charge on any atom is 0.174 e. The molecule has 1 N–H and O–H groups in total. The molecule has 0 saturated carbocycles. The first-order valence-electron chi connectivity index (χ1n) is 9.63. The number of pyridine rings is 1. The fourth-order valence-electron chi connectivity index (χ4n) is 3.82. The molecular formula is C24H18FN3OS. The van der Waals surface area contributed by atoms with Gasteiger partial charge in [0.15, 0.2) is 5.11 Å². The lowest BCUT2D eigenvalue weighted by Crippen LogP contribution is -2.30. The van der Waals surface area contributed by atoms with Gasteiger partial charge in [-0.25, -0.2) is 4.39 Å². The molecule has 0 radical (unpaired) electrons. The number of nitrogens with zero attached hydrogens (tertiary/aromatic N) is 2. The smallest absolute Gasteiger partial charge is 0.174 e. The topological polar surface area (TPSA) is 41.3 Å². The fraction of sp³-hybridized carbons (Fsp3) is 0.0833. The minimum atomic E-state index is -0.387. The van der Waals surface area contributed by atoms with Gasteiger partial charge in [-0.2, -0.15) is 0 Å². The second-order valence-electron chi connectivity index (χ2n) is 7.02. The third-order valence-electron chi connectivity index (χ3n) is 5.19. The largest absolute Gasteiger partial charge is 0.459 e. The van der Waals surface area contributed by atoms with Crippen molar-refractivity contribution < 1.29 is 8.81 Å². The summed E-state index contributed by atoms with van der Waals surface area (Å²) in [5, 5.41) is 3.74. The van der Waals surface area contributed by atoms with Crippen LogP contribution in [0.5, 0.6) is 0 Å². The summed E-state index contributed by atoms with van der Waals surface area (Å²) in [6.07, 6.45) is 1.74. The van der Waals surface area contributed by atoms with E-state index in [1.54, 1.807) is 29.3 Å². The van der Waals surface area contributed by atoms with Crippen LogP contribution >= 0.6 is 12.2 Å². The quantitative estimate of drug-likeness (QED) is 0.436. The predicted molar refractivity (Wildman–Crippen MR) is 118 cm³/mol. The number of nitrogens with one attached hydrogen (secondary N) is 1. The molecule has 30 heavy (non-hydrogen) atoms. The van der Waals surface area contributed by atoms with Crippen molar-refractivity contribution in [2.45, 2.75) is 12.1 Å². The van der Waals surface area contributed by atoms with Crippen molar-refractivity contribution in [2.24, 2.45) is 0 Å². The number of para-hydroxylation sites is 1. The molecule has 5 rings (SSSR count). The van der Waals surface area contributed by atoms with Crippen molar-refractivity contribution in [3.8, 4) is 11.3 Å². The van der Waals surface area contributed by atoms with E-state index in [2.05, 4.69) is 10.3 Å². The number of aromatic nitrogens is 1. The van der Waals surface area contributed by atoms with E-state index in [1.807, 2.05) is 60.7 Å². The molecule has 2 aromatic carbocycles. The van der Waals surface area contributed by atoms with E-state index in [0.29, 0.717) is 16.6 Å². The maximum absolute atomic E-state index is 14.7. The van der Waals surface area contributed by atoms with Gasteiger partial charge in [-0.15, -0.1) is 0 Å². The number of benzene rings is 2. The van der Waals surface area contributed by atoms with Crippen molar-refractivity contribution in [3.05, 3.63) is 108 Å². The van der Waals surface area contributed by atoms with Crippen molar-refractivity contribution in [1.82, 2.24) is 10.3 Å². The van der Waals surface area contributed by atoms with Crippen LogP contribution in [-0.2, 0) is 0 Å². The summed E-state index contributed by atoms with van der Waals surface area (Å²) in [4.78, 5) is 6.28. The molecule has 2 atom stereocenters. The van der Waals surface area contributed by atoms with Gasteiger partial charge < -0.3 is 14.6 Å². The highest BCUT2D eigenvalue weighted by Crippen LogP contribution is 2.43. The Kier molecular flexibility index (Phi) is 4.77. The van der Waals surface area contributed by atoms with Crippen LogP contribution in [0, 0.1) is 5.82 Å². The van der Waals surface area contributed by atoms with Gasteiger partial charge in [-0.1, -0.05) is 48.5 Å². The lowest BCUT2D eigenvalue weighted by Gasteiger charge is -2.26. The zero-order valence-corrected chi connectivity index (χ0v) is 16.7. The van der Waals surface area contributed by atoms with Crippen LogP contribution in [0.3, 0.4) is 0 Å². The number of thiocarbonyl (C=S) groups is 1. The fourth-order valence-corrected chi connectivity index (χ4v) is 4.16. The van der Waals surface area contributed by atoms with E-state index < -0.39 is 0 Å². The third kappa shape index (κ3) is 3.25. The van der Waals surface area contributed by atoms with Gasteiger partial charge in [-0.3, -0.25) is 4.98 Å². The SMILES string of the molecule is Fc1ccccc1N1C(=S)N[C@H](c2ccccn2)[C@@H]1c1ccc(-c2ccccc2)o1. The normalized spacial score (nSPS) is 18.4. The van der Waals surface area contributed by atoms with Gasteiger partial charge in [0.25, 0.3) is 0 Å². The molecule has 2 aromatic heterocycles. The number of furan rings is 1. The zero-order chi connectivity index (χ0) is 20.5. The molecule has 1 saturated heterocycles. The van der Waals surface area contributed by atoms with Gasteiger partial charge in [0.2, 0.25) is 0 Å². The Morgan fingerprint density at radius 2 is 1.67 bits per heavy atom. The summed E-state index contributed by atoms with van der Waals surface area (Å²) in [6, 6.07) is 25.4. The van der Waals surface area contributed by atoms with E-state index in [9.17, 15) is 4.39 Å². The molecule has 0 spiro atoms. The van der Waals surface area contributed by atoms with Crippen LogP contribution in [0.25, 0.3) is 11.3 Å². The van der Waals surface area contributed by atoms with Crippen LogP contribution < -0.4 is 10.2 Å². The van der Waals surface area contributed by atoms with E-state index in [0.717, 1.165) is 17.0 Å². The van der Waals surface area contributed by atoms with Gasteiger partial charge in [0.05, 0.1) is 17.4 Å². The average Bonchev–Trinajstić information content (AvgIpc) is 3.40. The summed E-state index contributed by atoms with van der Waals surface area (Å²) in [5.41, 5.74) is 2.18. The molecule has 1 aliphatic heterocycles. The van der Waals surface area contributed by atoms with Crippen molar-refractivity contribution in [2.75, 3.05) is 4.90 Å². The van der Waals surface area contributed by atoms with Crippen LogP contribution in [0.4, 0.5) is 10.1 Å². The number of hydrogen-bond acceptors (Lipinski definition) is 3. The Hall–Kier alpha value is -3.51. The van der Waals surface area contributed by atoms with E-state index in [1.165, 1.54) is 6.07 Å². The molecule has 0 bridgehead atoms. The van der Waals surface area contributed by atoms with Crippen LogP contribution in [0.1, 0.15) is 23.5 Å². The molecular weight excluding hydrogens is 397 g/mol. The monoisotopic (exact) mass is 415 g/mol. The first-order chi connectivity index (χ1) is 14.7. The van der Waals surface area contributed by atoms with Gasteiger partial charge in [-0.05, 0) is 48.6 Å². The van der Waals surface area contributed by atoms with Crippen LogP contribution in [-0.4, -0.2) is 10.1 Å². The molecule has 6 heteroatoms. The molecule has 0 amide bonds. The summed E-state index contributed by atoms with van der Waals surface area (Å²) < 4.78 is 21.0. The second kappa shape index (κ2) is 7.72. The van der Waals surface area contributed by atoms with Gasteiger partial charge in [0, 0.05) is 11.8 Å². The van der Waals surface area contributed by atoms with Gasteiger partial charge >= 0.3 is 0 Å². The minimum absolute atomic E-state index is 0.284. The average molecular weight is 415 g/mol. The zero-order valence-electron chi connectivity index (χ0n) is 15.9. The Bertz CT molecular complexity index is 1180. The van der Waals surface area contributed by atoms with Crippen molar-refractivity contribution in [1.29, 1.82) is 0 Å². The number of anilines is 1. The van der Waals surface area contributed by atoms with Crippen LogP contribution in [0.15, 0.2) is 95.5 Å². The summed E-state index contributed by atoms with van der Waals surface area (Å²) in [7, 11) is 0. The summed E-state index contributed by atoms with van der Waals surface area (Å²) in [6.45, 7) is 0. The molecule has 4 nitrogen and oxygen atoms in total. The number of hydrogen-bond donors (Lipinski definition) is 1. The lowest BCUT2D eigenvalue weighted by molar-refractivity contribution is 0.438. The van der Waals surface area contributed by atoms with E-state index in [-0.39, 0.29) is 17.9 Å². The first kappa shape index (κ1) is 18.5. The highest BCUT2D eigenvalue weighted by molar-refractivity contribution is 7.80. The predicted octanol–water partition coefficient (Wildman–Crippen LogP) is 5.66. The van der Waals surface area contributed by atoms with Gasteiger partial charge in [0.1, 0.15) is 23.4 Å². The number of rotatable bonds is 4. The lowest BCUT2D eigenvalue weighted by atomic mass is 10.0. The molecule has 3 heterocycles.